The first-order chi connectivity index (χ1) is 16.7. The fourth-order valence-corrected chi connectivity index (χ4v) is 4.49. The number of amides is 2. The van der Waals surface area contributed by atoms with Crippen LogP contribution >= 0.6 is 23.2 Å². The van der Waals surface area contributed by atoms with E-state index in [4.69, 9.17) is 27.9 Å². The van der Waals surface area contributed by atoms with Crippen molar-refractivity contribution in [2.24, 2.45) is 0 Å². The number of aldehydes is 1. The molecule has 3 aromatic heterocycles. The number of nitrogens with one attached hydrogen (secondary N) is 2. The van der Waals surface area contributed by atoms with E-state index < -0.39 is 24.7 Å². The van der Waals surface area contributed by atoms with Crippen molar-refractivity contribution >= 4 is 52.7 Å². The Labute approximate surface area is 205 Å². The number of hydrogen-bond acceptors (Lipinski definition) is 7. The van der Waals surface area contributed by atoms with E-state index in [2.05, 4.69) is 25.7 Å². The Hall–Kier alpha value is -3.16. The van der Waals surface area contributed by atoms with Gasteiger partial charge in [0.1, 0.15) is 17.8 Å². The van der Waals surface area contributed by atoms with Crippen molar-refractivity contribution in [3.8, 4) is 5.88 Å². The molecule has 5 heterocycles. The lowest BCUT2D eigenvalue weighted by atomic mass is 10.1. The Kier molecular flexibility index (Phi) is 5.93. The molecule has 0 radical (unpaired) electrons. The zero-order valence-corrected chi connectivity index (χ0v) is 19.2. The van der Waals surface area contributed by atoms with Gasteiger partial charge in [0.25, 0.3) is 0 Å². The summed E-state index contributed by atoms with van der Waals surface area (Å²) in [5.41, 5.74) is -0.223. The second kappa shape index (κ2) is 8.81. The van der Waals surface area contributed by atoms with E-state index in [1.165, 1.54) is 12.1 Å². The van der Waals surface area contributed by atoms with Crippen LogP contribution in [0.1, 0.15) is 28.4 Å². The highest BCUT2D eigenvalue weighted by Gasteiger charge is 2.50. The number of rotatable bonds is 4. The summed E-state index contributed by atoms with van der Waals surface area (Å²) >= 11 is 12.0. The summed E-state index contributed by atoms with van der Waals surface area (Å²) in [6, 6.07) is 1.63. The van der Waals surface area contributed by atoms with E-state index in [1.807, 2.05) is 0 Å². The second-order valence-electron chi connectivity index (χ2n) is 7.96. The van der Waals surface area contributed by atoms with Gasteiger partial charge in [0.2, 0.25) is 5.88 Å². The third kappa shape index (κ3) is 4.34. The molecule has 2 aliphatic heterocycles. The number of urea groups is 1. The minimum Gasteiger partial charge on any atom is -0.472 e. The van der Waals surface area contributed by atoms with Crippen LogP contribution in [0.25, 0.3) is 5.65 Å². The summed E-state index contributed by atoms with van der Waals surface area (Å²) in [5, 5.41) is 9.37. The molecule has 35 heavy (non-hydrogen) atoms. The smallest absolute Gasteiger partial charge is 0.399 e. The lowest BCUT2D eigenvalue weighted by molar-refractivity contribution is -0.147. The van der Waals surface area contributed by atoms with Gasteiger partial charge < -0.3 is 10.1 Å². The number of carbonyl (C=O) groups excluding carboxylic acids is 2. The predicted octanol–water partition coefficient (Wildman–Crippen LogP) is 3.68. The maximum Gasteiger partial charge on any atom is 0.399 e. The van der Waals surface area contributed by atoms with Crippen LogP contribution in [0.5, 0.6) is 5.88 Å². The molecular weight excluding hydrogens is 514 g/mol. The molecule has 3 aromatic rings. The van der Waals surface area contributed by atoms with Crippen molar-refractivity contribution in [1.29, 1.82) is 0 Å². The van der Waals surface area contributed by atoms with E-state index in [0.717, 1.165) is 22.2 Å². The molecule has 15 heteroatoms. The minimum absolute atomic E-state index is 0.00220. The molecule has 2 atom stereocenters. The standard InChI is InChI=1S/C20H16Cl2F3N7O3/c21-12-3-15(28-18(10(12)8-33)35-9-1-2-26-5-9)29-19(34)31-7-11(20(23,24)25)17-13(31)6-27-16-4-14(22)30-32(16)17/h3-4,6,8-9,11,26H,1-2,5,7H2,(H,28,29,34). The predicted molar refractivity (Wildman–Crippen MR) is 120 cm³/mol. The normalized spacial score (nSPS) is 19.7. The number of pyridine rings is 1. The molecule has 2 N–H and O–H groups in total. The third-order valence-electron chi connectivity index (χ3n) is 5.72. The largest absolute Gasteiger partial charge is 0.472 e. The topological polar surface area (TPSA) is 114 Å². The quantitative estimate of drug-likeness (QED) is 0.495. The first kappa shape index (κ1) is 23.6. The number of anilines is 2. The highest BCUT2D eigenvalue weighted by molar-refractivity contribution is 6.33. The second-order valence-corrected chi connectivity index (χ2v) is 8.75. The maximum absolute atomic E-state index is 13.9. The summed E-state index contributed by atoms with van der Waals surface area (Å²) in [4.78, 5) is 33.7. The van der Waals surface area contributed by atoms with Crippen LogP contribution in [0.2, 0.25) is 10.2 Å². The van der Waals surface area contributed by atoms with Gasteiger partial charge in [-0.05, 0) is 13.0 Å². The molecule has 1 fully saturated rings. The van der Waals surface area contributed by atoms with E-state index in [1.54, 1.807) is 0 Å². The monoisotopic (exact) mass is 529 g/mol. The van der Waals surface area contributed by atoms with Crippen molar-refractivity contribution in [2.45, 2.75) is 24.6 Å². The van der Waals surface area contributed by atoms with Gasteiger partial charge in [-0.2, -0.15) is 23.3 Å². The Morgan fingerprint density at radius 1 is 1.31 bits per heavy atom. The van der Waals surface area contributed by atoms with Crippen molar-refractivity contribution in [2.75, 3.05) is 29.9 Å². The fraction of sp³-hybridized carbons (Fsp3) is 0.350. The van der Waals surface area contributed by atoms with Gasteiger partial charge >= 0.3 is 12.2 Å². The molecule has 1 saturated heterocycles. The molecule has 0 spiro atoms. The molecule has 0 bridgehead atoms. The summed E-state index contributed by atoms with van der Waals surface area (Å²) < 4.78 is 48.4. The number of hydrogen-bond donors (Lipinski definition) is 2. The van der Waals surface area contributed by atoms with Crippen molar-refractivity contribution in [3.63, 3.8) is 0 Å². The van der Waals surface area contributed by atoms with Crippen molar-refractivity contribution in [3.05, 3.63) is 39.8 Å². The van der Waals surface area contributed by atoms with E-state index in [0.29, 0.717) is 19.3 Å². The lowest BCUT2D eigenvalue weighted by Crippen LogP contribution is -2.36. The zero-order valence-electron chi connectivity index (χ0n) is 17.6. The fourth-order valence-electron chi connectivity index (χ4n) is 4.09. The van der Waals surface area contributed by atoms with Gasteiger partial charge in [-0.15, -0.1) is 0 Å². The van der Waals surface area contributed by atoms with Crippen molar-refractivity contribution in [1.82, 2.24) is 24.9 Å². The first-order valence-corrected chi connectivity index (χ1v) is 11.1. The van der Waals surface area contributed by atoms with Crippen molar-refractivity contribution < 1.29 is 27.5 Å². The van der Waals surface area contributed by atoms with Gasteiger partial charge in [0.05, 0.1) is 28.2 Å². The zero-order chi connectivity index (χ0) is 24.9. The number of halogens is 5. The number of ether oxygens (including phenoxy) is 1. The molecular formula is C20H16Cl2F3N7O3. The molecule has 5 rings (SSSR count). The van der Waals surface area contributed by atoms with Crippen LogP contribution in [-0.4, -0.2) is 63.8 Å². The maximum atomic E-state index is 13.9. The Balaban J connectivity index is 1.47. The van der Waals surface area contributed by atoms with Gasteiger partial charge in [0.15, 0.2) is 17.1 Å². The van der Waals surface area contributed by atoms with Crippen LogP contribution in [0.3, 0.4) is 0 Å². The number of nitrogens with zero attached hydrogens (tertiary/aromatic N) is 5. The average molecular weight is 530 g/mol. The van der Waals surface area contributed by atoms with Crippen LogP contribution < -0.4 is 20.3 Å². The van der Waals surface area contributed by atoms with Gasteiger partial charge in [-0.3, -0.25) is 15.0 Å². The molecule has 0 aliphatic carbocycles. The molecule has 2 unspecified atom stereocenters. The SMILES string of the molecule is O=Cc1c(Cl)cc(NC(=O)N2CC(C(F)(F)F)c3c2cnc2cc(Cl)nn32)nc1OC1CCNC1. The van der Waals surface area contributed by atoms with Gasteiger partial charge in [0, 0.05) is 25.2 Å². The van der Waals surface area contributed by atoms with E-state index >= 15 is 0 Å². The summed E-state index contributed by atoms with van der Waals surface area (Å²) in [5.74, 6) is -2.20. The highest BCUT2D eigenvalue weighted by Crippen LogP contribution is 2.45. The molecule has 10 nitrogen and oxygen atoms in total. The highest BCUT2D eigenvalue weighted by atomic mass is 35.5. The molecule has 184 valence electrons. The lowest BCUT2D eigenvalue weighted by Gasteiger charge is -2.20. The summed E-state index contributed by atoms with van der Waals surface area (Å²) in [6.07, 6.45) is -2.60. The molecule has 2 aliphatic rings. The van der Waals surface area contributed by atoms with Gasteiger partial charge in [-0.25, -0.2) is 14.3 Å². The summed E-state index contributed by atoms with van der Waals surface area (Å²) in [6.45, 7) is 0.555. The Morgan fingerprint density at radius 3 is 2.80 bits per heavy atom. The number of fused-ring (bicyclic) bond motifs is 3. The third-order valence-corrected chi connectivity index (χ3v) is 6.21. The first-order valence-electron chi connectivity index (χ1n) is 10.4. The summed E-state index contributed by atoms with van der Waals surface area (Å²) in [7, 11) is 0. The Morgan fingerprint density at radius 2 is 2.11 bits per heavy atom. The molecule has 0 aromatic carbocycles. The average Bonchev–Trinajstić information content (AvgIpc) is 3.50. The van der Waals surface area contributed by atoms with Crippen LogP contribution in [0, 0.1) is 0 Å². The molecule has 2 amide bonds. The molecule has 0 saturated carbocycles. The van der Waals surface area contributed by atoms with Crippen LogP contribution in [-0.2, 0) is 0 Å². The van der Waals surface area contributed by atoms with E-state index in [9.17, 15) is 22.8 Å². The number of aromatic nitrogens is 4. The van der Waals surface area contributed by atoms with Gasteiger partial charge in [-0.1, -0.05) is 23.2 Å². The van der Waals surface area contributed by atoms with Crippen LogP contribution in [0.4, 0.5) is 29.5 Å². The minimum atomic E-state index is -4.67. The van der Waals surface area contributed by atoms with Crippen LogP contribution in [0.15, 0.2) is 18.3 Å². The number of carbonyl (C=O) groups is 2. The Bertz CT molecular complexity index is 1330. The number of alkyl halides is 3. The van der Waals surface area contributed by atoms with E-state index in [-0.39, 0.29) is 50.6 Å².